The van der Waals surface area contributed by atoms with Crippen molar-refractivity contribution in [1.29, 1.82) is 0 Å². The largest absolute Gasteiger partial charge is 0.374 e. The lowest BCUT2D eigenvalue weighted by atomic mass is 10.4. The molecule has 0 unspecified atom stereocenters. The highest BCUT2D eigenvalue weighted by atomic mass is 32.2. The molecular formula is C14H24N4O2S. The molecule has 0 radical (unpaired) electrons. The number of nitrogens with one attached hydrogen (secondary N) is 1. The van der Waals surface area contributed by atoms with Crippen LogP contribution in [0.25, 0.3) is 0 Å². The molecule has 0 aliphatic carbocycles. The SMILES string of the molecule is CCCNc1cc(N2CCS(=O)CC2)nc(COCC)n1. The summed E-state index contributed by atoms with van der Waals surface area (Å²) in [4.78, 5) is 11.2. The van der Waals surface area contributed by atoms with Crippen molar-refractivity contribution in [2.24, 2.45) is 0 Å². The van der Waals surface area contributed by atoms with Crippen LogP contribution in [0.15, 0.2) is 6.07 Å². The van der Waals surface area contributed by atoms with E-state index in [0.29, 0.717) is 30.5 Å². The number of hydrogen-bond donors (Lipinski definition) is 1. The molecule has 1 N–H and O–H groups in total. The summed E-state index contributed by atoms with van der Waals surface area (Å²) < 4.78 is 16.9. The Kier molecular flexibility index (Phi) is 6.38. The average molecular weight is 312 g/mol. The lowest BCUT2D eigenvalue weighted by Crippen LogP contribution is -2.38. The maximum Gasteiger partial charge on any atom is 0.158 e. The second kappa shape index (κ2) is 8.29. The first-order valence-electron chi connectivity index (χ1n) is 7.52. The molecule has 0 spiro atoms. The van der Waals surface area contributed by atoms with E-state index in [4.69, 9.17) is 4.74 Å². The zero-order valence-electron chi connectivity index (χ0n) is 12.8. The zero-order chi connectivity index (χ0) is 15.1. The highest BCUT2D eigenvalue weighted by Crippen LogP contribution is 2.18. The fourth-order valence-electron chi connectivity index (χ4n) is 2.11. The van der Waals surface area contributed by atoms with Gasteiger partial charge in [-0.05, 0) is 13.3 Å². The van der Waals surface area contributed by atoms with E-state index in [1.165, 1.54) is 0 Å². The Morgan fingerprint density at radius 2 is 2.10 bits per heavy atom. The Morgan fingerprint density at radius 1 is 1.33 bits per heavy atom. The van der Waals surface area contributed by atoms with Gasteiger partial charge in [-0.15, -0.1) is 0 Å². The van der Waals surface area contributed by atoms with E-state index >= 15 is 0 Å². The van der Waals surface area contributed by atoms with E-state index in [0.717, 1.165) is 37.7 Å². The van der Waals surface area contributed by atoms with Crippen LogP contribution in [0.4, 0.5) is 11.6 Å². The van der Waals surface area contributed by atoms with Crippen molar-refractivity contribution in [3.63, 3.8) is 0 Å². The molecule has 0 atom stereocenters. The first-order chi connectivity index (χ1) is 10.2. The second-order valence-corrected chi connectivity index (χ2v) is 6.62. The lowest BCUT2D eigenvalue weighted by Gasteiger charge is -2.27. The summed E-state index contributed by atoms with van der Waals surface area (Å²) in [6.07, 6.45) is 1.04. The van der Waals surface area contributed by atoms with Crippen LogP contribution >= 0.6 is 0 Å². The molecule has 1 saturated heterocycles. The van der Waals surface area contributed by atoms with Gasteiger partial charge in [0.25, 0.3) is 0 Å². The van der Waals surface area contributed by atoms with Gasteiger partial charge in [0.1, 0.15) is 18.2 Å². The molecule has 21 heavy (non-hydrogen) atoms. The van der Waals surface area contributed by atoms with E-state index in [9.17, 15) is 4.21 Å². The number of rotatable bonds is 7. The lowest BCUT2D eigenvalue weighted by molar-refractivity contribution is 0.128. The van der Waals surface area contributed by atoms with Crippen LogP contribution in [0.3, 0.4) is 0 Å². The highest BCUT2D eigenvalue weighted by Gasteiger charge is 2.18. The summed E-state index contributed by atoms with van der Waals surface area (Å²) >= 11 is 0. The third kappa shape index (κ3) is 4.93. The molecule has 0 aromatic carbocycles. The molecular weight excluding hydrogens is 288 g/mol. The normalized spacial score (nSPS) is 16.2. The highest BCUT2D eigenvalue weighted by molar-refractivity contribution is 7.85. The number of anilines is 2. The summed E-state index contributed by atoms with van der Waals surface area (Å²) in [6, 6.07) is 1.97. The number of nitrogens with zero attached hydrogens (tertiary/aromatic N) is 3. The Morgan fingerprint density at radius 3 is 2.76 bits per heavy atom. The van der Waals surface area contributed by atoms with Crippen LogP contribution in [0.1, 0.15) is 26.1 Å². The topological polar surface area (TPSA) is 67.4 Å². The van der Waals surface area contributed by atoms with Gasteiger partial charge >= 0.3 is 0 Å². The average Bonchev–Trinajstić information content (AvgIpc) is 2.51. The predicted molar refractivity (Wildman–Crippen MR) is 86.2 cm³/mol. The Hall–Kier alpha value is -1.21. The molecule has 0 bridgehead atoms. The second-order valence-electron chi connectivity index (χ2n) is 4.93. The third-order valence-corrected chi connectivity index (χ3v) is 4.53. The monoisotopic (exact) mass is 312 g/mol. The van der Waals surface area contributed by atoms with Crippen molar-refractivity contribution in [3.8, 4) is 0 Å². The van der Waals surface area contributed by atoms with Gasteiger partial charge in [0.05, 0.1) is 0 Å². The quantitative estimate of drug-likeness (QED) is 0.821. The minimum Gasteiger partial charge on any atom is -0.374 e. The van der Waals surface area contributed by atoms with Crippen molar-refractivity contribution < 1.29 is 8.95 Å². The van der Waals surface area contributed by atoms with Gasteiger partial charge in [0, 0.05) is 54.6 Å². The van der Waals surface area contributed by atoms with E-state index in [1.54, 1.807) is 0 Å². The van der Waals surface area contributed by atoms with Gasteiger partial charge in [-0.25, -0.2) is 9.97 Å². The van der Waals surface area contributed by atoms with Gasteiger partial charge < -0.3 is 15.0 Å². The van der Waals surface area contributed by atoms with Crippen LogP contribution in [0, 0.1) is 0 Å². The molecule has 0 saturated carbocycles. The van der Waals surface area contributed by atoms with Crippen molar-refractivity contribution >= 4 is 22.4 Å². The van der Waals surface area contributed by atoms with Crippen LogP contribution in [0.5, 0.6) is 0 Å². The number of aromatic nitrogens is 2. The maximum absolute atomic E-state index is 11.5. The smallest absolute Gasteiger partial charge is 0.158 e. The van der Waals surface area contributed by atoms with E-state index in [2.05, 4.69) is 27.1 Å². The van der Waals surface area contributed by atoms with Crippen LogP contribution in [-0.4, -0.2) is 51.9 Å². The molecule has 1 fully saturated rings. The first-order valence-corrected chi connectivity index (χ1v) is 9.01. The Labute approximate surface area is 128 Å². The molecule has 2 heterocycles. The van der Waals surface area contributed by atoms with E-state index in [-0.39, 0.29) is 0 Å². The summed E-state index contributed by atoms with van der Waals surface area (Å²) in [5, 5.41) is 3.31. The van der Waals surface area contributed by atoms with Gasteiger partial charge in [-0.1, -0.05) is 6.92 Å². The van der Waals surface area contributed by atoms with Crippen LogP contribution < -0.4 is 10.2 Å². The van der Waals surface area contributed by atoms with Gasteiger partial charge in [0.15, 0.2) is 5.82 Å². The molecule has 1 aromatic heterocycles. The molecule has 2 rings (SSSR count). The van der Waals surface area contributed by atoms with Crippen molar-refractivity contribution in [1.82, 2.24) is 9.97 Å². The maximum atomic E-state index is 11.5. The molecule has 1 aromatic rings. The molecule has 118 valence electrons. The Bertz CT molecular complexity index is 448. The van der Waals surface area contributed by atoms with Gasteiger partial charge in [-0.3, -0.25) is 4.21 Å². The first kappa shape index (κ1) is 16.2. The zero-order valence-corrected chi connectivity index (χ0v) is 13.6. The summed E-state index contributed by atoms with van der Waals surface area (Å²) in [7, 11) is -0.680. The Balaban J connectivity index is 2.15. The number of ether oxygens (including phenoxy) is 1. The fourth-order valence-corrected chi connectivity index (χ4v) is 3.17. The minimum absolute atomic E-state index is 0.422. The minimum atomic E-state index is -0.680. The van der Waals surface area contributed by atoms with Crippen molar-refractivity contribution in [2.45, 2.75) is 26.9 Å². The van der Waals surface area contributed by atoms with Crippen LogP contribution in [0.2, 0.25) is 0 Å². The third-order valence-electron chi connectivity index (χ3n) is 3.25. The molecule has 7 heteroatoms. The molecule has 6 nitrogen and oxygen atoms in total. The van der Waals surface area contributed by atoms with E-state index in [1.807, 2.05) is 13.0 Å². The van der Waals surface area contributed by atoms with Gasteiger partial charge in [0.2, 0.25) is 0 Å². The van der Waals surface area contributed by atoms with Gasteiger partial charge in [-0.2, -0.15) is 0 Å². The van der Waals surface area contributed by atoms with E-state index < -0.39 is 10.8 Å². The summed E-state index contributed by atoms with van der Waals surface area (Å²) in [5.41, 5.74) is 0. The summed E-state index contributed by atoms with van der Waals surface area (Å²) in [6.45, 7) is 7.60. The standard InChI is InChI=1S/C14H24N4O2S/c1-3-5-15-12-10-14(17-13(16-12)11-20-4-2)18-6-8-21(19)9-7-18/h10H,3-9,11H2,1-2H3,(H,15,16,17). The van der Waals surface area contributed by atoms with Crippen LogP contribution in [-0.2, 0) is 22.1 Å². The molecule has 1 aliphatic heterocycles. The number of hydrogen-bond acceptors (Lipinski definition) is 6. The fraction of sp³-hybridized carbons (Fsp3) is 0.714. The van der Waals surface area contributed by atoms with Crippen molar-refractivity contribution in [2.75, 3.05) is 48.0 Å². The summed E-state index contributed by atoms with van der Waals surface area (Å²) in [5.74, 6) is 3.85. The van der Waals surface area contributed by atoms with Crippen molar-refractivity contribution in [3.05, 3.63) is 11.9 Å². The molecule has 1 aliphatic rings. The molecule has 0 amide bonds. The predicted octanol–water partition coefficient (Wildman–Crippen LogP) is 1.40.